The molecule has 0 saturated heterocycles. The van der Waals surface area contributed by atoms with Crippen LogP contribution in [0.15, 0.2) is 47.5 Å². The molecule has 0 saturated carbocycles. The van der Waals surface area contributed by atoms with Gasteiger partial charge in [0.1, 0.15) is 0 Å². The van der Waals surface area contributed by atoms with Crippen molar-refractivity contribution in [1.29, 1.82) is 0 Å². The van der Waals surface area contributed by atoms with Gasteiger partial charge >= 0.3 is 0 Å². The quantitative estimate of drug-likeness (QED) is 0.668. The van der Waals surface area contributed by atoms with Crippen molar-refractivity contribution in [3.63, 3.8) is 0 Å². The summed E-state index contributed by atoms with van der Waals surface area (Å²) in [7, 11) is 2.15. The fourth-order valence-corrected chi connectivity index (χ4v) is 3.12. The van der Waals surface area contributed by atoms with E-state index in [1.807, 2.05) is 12.1 Å². The van der Waals surface area contributed by atoms with E-state index in [-0.39, 0.29) is 0 Å². The molecule has 0 spiro atoms. The smallest absolute Gasteiger partial charge is 0.193 e. The van der Waals surface area contributed by atoms with Crippen molar-refractivity contribution in [2.45, 2.75) is 32.7 Å². The van der Waals surface area contributed by atoms with Crippen LogP contribution < -0.4 is 16.0 Å². The highest BCUT2D eigenvalue weighted by molar-refractivity contribution is 5.92. The maximum absolute atomic E-state index is 6.01. The number of nitrogens with two attached hydrogens (primary N) is 1. The highest BCUT2D eigenvalue weighted by Gasteiger charge is 2.13. The molecule has 0 unspecified atom stereocenters. The number of anilines is 2. The highest BCUT2D eigenvalue weighted by atomic mass is 15.1. The van der Waals surface area contributed by atoms with E-state index in [0.717, 1.165) is 25.1 Å². The molecule has 1 aliphatic heterocycles. The molecular weight excluding hydrogens is 296 g/mol. The zero-order chi connectivity index (χ0) is 16.9. The van der Waals surface area contributed by atoms with Crippen molar-refractivity contribution in [2.24, 2.45) is 10.7 Å². The lowest BCUT2D eigenvalue weighted by Crippen LogP contribution is -2.24. The summed E-state index contributed by atoms with van der Waals surface area (Å²) in [6.45, 7) is 3.88. The van der Waals surface area contributed by atoms with Gasteiger partial charge in [-0.25, -0.2) is 4.99 Å². The summed E-state index contributed by atoms with van der Waals surface area (Å²) in [5.41, 5.74) is 12.3. The van der Waals surface area contributed by atoms with E-state index in [1.165, 1.54) is 28.8 Å². The maximum Gasteiger partial charge on any atom is 0.193 e. The number of aliphatic imine (C=N–C) groups is 1. The molecule has 0 atom stereocenters. The monoisotopic (exact) mass is 322 g/mol. The Labute approximate surface area is 144 Å². The van der Waals surface area contributed by atoms with Crippen molar-refractivity contribution in [1.82, 2.24) is 0 Å². The van der Waals surface area contributed by atoms with Crippen LogP contribution in [0.5, 0.6) is 0 Å². The first kappa shape index (κ1) is 16.4. The average molecular weight is 322 g/mol. The minimum Gasteiger partial charge on any atom is -0.374 e. The molecule has 3 rings (SSSR count). The summed E-state index contributed by atoms with van der Waals surface area (Å²) in [6, 6.07) is 14.9. The van der Waals surface area contributed by atoms with Crippen LogP contribution in [-0.2, 0) is 19.4 Å². The Morgan fingerprint density at radius 1 is 1.17 bits per heavy atom. The van der Waals surface area contributed by atoms with Gasteiger partial charge in [-0.1, -0.05) is 31.2 Å². The molecule has 4 heteroatoms. The normalized spacial score (nSPS) is 14.4. The van der Waals surface area contributed by atoms with Crippen molar-refractivity contribution < 1.29 is 0 Å². The average Bonchev–Trinajstić information content (AvgIpc) is 2.61. The molecule has 1 aliphatic rings. The third kappa shape index (κ3) is 3.88. The van der Waals surface area contributed by atoms with Crippen LogP contribution in [0.25, 0.3) is 0 Å². The van der Waals surface area contributed by atoms with Crippen LogP contribution in [0.3, 0.4) is 0 Å². The lowest BCUT2D eigenvalue weighted by molar-refractivity contribution is 0.743. The zero-order valence-corrected chi connectivity index (χ0v) is 14.5. The second kappa shape index (κ2) is 7.39. The van der Waals surface area contributed by atoms with Gasteiger partial charge in [-0.2, -0.15) is 0 Å². The van der Waals surface area contributed by atoms with Gasteiger partial charge in [-0.3, -0.25) is 0 Å². The Morgan fingerprint density at radius 3 is 2.67 bits per heavy atom. The molecule has 0 radical (unpaired) electrons. The molecule has 126 valence electrons. The van der Waals surface area contributed by atoms with E-state index in [2.05, 4.69) is 59.5 Å². The first-order valence-corrected chi connectivity index (χ1v) is 8.64. The Balaban J connectivity index is 1.64. The molecular formula is C20H26N4. The number of nitrogens with zero attached hydrogens (tertiary/aromatic N) is 2. The Morgan fingerprint density at radius 2 is 1.92 bits per heavy atom. The number of fused-ring (bicyclic) bond motifs is 1. The first-order valence-electron chi connectivity index (χ1n) is 8.64. The van der Waals surface area contributed by atoms with Gasteiger partial charge in [-0.15, -0.1) is 0 Å². The summed E-state index contributed by atoms with van der Waals surface area (Å²) < 4.78 is 0. The third-order valence-corrected chi connectivity index (χ3v) is 4.56. The number of hydrogen-bond donors (Lipinski definition) is 2. The molecule has 0 bridgehead atoms. The molecule has 0 amide bonds. The predicted molar refractivity (Wildman–Crippen MR) is 103 cm³/mol. The van der Waals surface area contributed by atoms with Gasteiger partial charge in [0.2, 0.25) is 0 Å². The molecule has 24 heavy (non-hydrogen) atoms. The van der Waals surface area contributed by atoms with Crippen molar-refractivity contribution in [3.8, 4) is 0 Å². The Bertz CT molecular complexity index is 719. The Kier molecular flexibility index (Phi) is 5.04. The first-order chi connectivity index (χ1) is 11.7. The van der Waals surface area contributed by atoms with Crippen molar-refractivity contribution in [3.05, 3.63) is 59.2 Å². The van der Waals surface area contributed by atoms with E-state index < -0.39 is 0 Å². The largest absolute Gasteiger partial charge is 0.374 e. The summed E-state index contributed by atoms with van der Waals surface area (Å²) in [5, 5.41) is 3.15. The van der Waals surface area contributed by atoms with Gasteiger partial charge in [0.25, 0.3) is 0 Å². The second-order valence-electron chi connectivity index (χ2n) is 6.37. The van der Waals surface area contributed by atoms with Gasteiger partial charge in [0, 0.05) is 25.0 Å². The van der Waals surface area contributed by atoms with E-state index in [1.54, 1.807) is 0 Å². The van der Waals surface area contributed by atoms with Crippen LogP contribution in [0.1, 0.15) is 30.0 Å². The van der Waals surface area contributed by atoms with E-state index in [4.69, 9.17) is 5.73 Å². The van der Waals surface area contributed by atoms with E-state index in [9.17, 15) is 0 Å². The summed E-state index contributed by atoms with van der Waals surface area (Å²) in [6.07, 6.45) is 3.40. The second-order valence-corrected chi connectivity index (χ2v) is 6.37. The molecule has 2 aromatic rings. The highest BCUT2D eigenvalue weighted by Crippen LogP contribution is 2.27. The van der Waals surface area contributed by atoms with Crippen LogP contribution in [0.2, 0.25) is 0 Å². The zero-order valence-electron chi connectivity index (χ0n) is 14.5. The number of rotatable bonds is 4. The van der Waals surface area contributed by atoms with Crippen LogP contribution in [0.4, 0.5) is 11.4 Å². The number of nitrogens with one attached hydrogen (secondary N) is 1. The lowest BCUT2D eigenvalue weighted by atomic mass is 10.00. The molecule has 1 heterocycles. The van der Waals surface area contributed by atoms with Crippen LogP contribution in [0, 0.1) is 0 Å². The number of hydrogen-bond acceptors (Lipinski definition) is 2. The molecule has 0 aliphatic carbocycles. The predicted octanol–water partition coefficient (Wildman–Crippen LogP) is 3.56. The standard InChI is InChI=1S/C20H26N4/c1-3-15-6-9-18(10-7-15)23-20(21)22-14-16-8-11-19-17(13-16)5-4-12-24(19)2/h6-11,13H,3-5,12,14H2,1-2H3,(H3,21,22,23). The SMILES string of the molecule is CCc1ccc(NC(N)=NCc2ccc3c(c2)CCCN3C)cc1. The molecule has 0 aromatic heterocycles. The summed E-state index contributed by atoms with van der Waals surface area (Å²) in [5.74, 6) is 0.453. The number of aryl methyl sites for hydroxylation is 2. The van der Waals surface area contributed by atoms with Gasteiger partial charge < -0.3 is 16.0 Å². The number of benzene rings is 2. The molecule has 4 nitrogen and oxygen atoms in total. The van der Waals surface area contributed by atoms with E-state index >= 15 is 0 Å². The third-order valence-electron chi connectivity index (χ3n) is 4.56. The molecule has 0 fully saturated rings. The maximum atomic E-state index is 6.01. The molecule has 2 aromatic carbocycles. The van der Waals surface area contributed by atoms with Crippen molar-refractivity contribution in [2.75, 3.05) is 23.8 Å². The van der Waals surface area contributed by atoms with E-state index in [0.29, 0.717) is 12.5 Å². The van der Waals surface area contributed by atoms with Crippen molar-refractivity contribution >= 4 is 17.3 Å². The van der Waals surface area contributed by atoms with Gasteiger partial charge in [0.05, 0.1) is 6.54 Å². The fraction of sp³-hybridized carbons (Fsp3) is 0.350. The van der Waals surface area contributed by atoms with Gasteiger partial charge in [-0.05, 0) is 54.2 Å². The number of guanidine groups is 1. The lowest BCUT2D eigenvalue weighted by Gasteiger charge is -2.27. The topological polar surface area (TPSA) is 53.6 Å². The van der Waals surface area contributed by atoms with Crippen LogP contribution >= 0.6 is 0 Å². The Hall–Kier alpha value is -2.49. The summed E-state index contributed by atoms with van der Waals surface area (Å²) >= 11 is 0. The van der Waals surface area contributed by atoms with Crippen LogP contribution in [-0.4, -0.2) is 19.6 Å². The summed E-state index contributed by atoms with van der Waals surface area (Å²) in [4.78, 5) is 6.79. The van der Waals surface area contributed by atoms with Gasteiger partial charge in [0.15, 0.2) is 5.96 Å². The minimum absolute atomic E-state index is 0.453. The fourth-order valence-electron chi connectivity index (χ4n) is 3.12. The molecule has 3 N–H and O–H groups in total. The minimum atomic E-state index is 0.453.